The maximum atomic E-state index is 13.5. The van der Waals surface area contributed by atoms with Crippen LogP contribution in [-0.2, 0) is 6.54 Å². The molecule has 176 valence electrons. The minimum absolute atomic E-state index is 0.00731. The Hall–Kier alpha value is -3.67. The molecule has 3 aromatic rings. The Morgan fingerprint density at radius 3 is 2.29 bits per heavy atom. The molecule has 1 atom stereocenters. The van der Waals surface area contributed by atoms with Gasteiger partial charge in [0.1, 0.15) is 11.1 Å². The molecular formula is C28H31N3O3. The van der Waals surface area contributed by atoms with E-state index >= 15 is 0 Å². The van der Waals surface area contributed by atoms with Crippen molar-refractivity contribution in [2.75, 3.05) is 13.1 Å². The Labute approximate surface area is 200 Å². The van der Waals surface area contributed by atoms with Gasteiger partial charge in [0.15, 0.2) is 0 Å². The van der Waals surface area contributed by atoms with Gasteiger partial charge in [-0.15, -0.1) is 0 Å². The van der Waals surface area contributed by atoms with Crippen LogP contribution in [0.2, 0.25) is 0 Å². The van der Waals surface area contributed by atoms with E-state index in [0.29, 0.717) is 19.6 Å². The molecule has 0 aliphatic carbocycles. The summed E-state index contributed by atoms with van der Waals surface area (Å²) in [4.78, 5) is 41.5. The average Bonchev–Trinajstić information content (AvgIpc) is 2.88. The van der Waals surface area contributed by atoms with Gasteiger partial charge in [-0.25, -0.2) is 0 Å². The number of rotatable bonds is 6. The number of hydrogen-bond acceptors (Lipinski definition) is 3. The Bertz CT molecular complexity index is 1200. The molecule has 1 saturated heterocycles. The fourth-order valence-corrected chi connectivity index (χ4v) is 4.41. The molecule has 1 aliphatic rings. The van der Waals surface area contributed by atoms with Gasteiger partial charge in [0.05, 0.1) is 0 Å². The first-order valence-electron chi connectivity index (χ1n) is 11.9. The van der Waals surface area contributed by atoms with Crippen molar-refractivity contribution in [3.05, 3.63) is 106 Å². The van der Waals surface area contributed by atoms with Crippen LogP contribution in [0.25, 0.3) is 0 Å². The number of pyridine rings is 1. The van der Waals surface area contributed by atoms with Crippen LogP contribution in [0.1, 0.15) is 70.5 Å². The van der Waals surface area contributed by atoms with Gasteiger partial charge < -0.3 is 14.8 Å². The van der Waals surface area contributed by atoms with E-state index < -0.39 is 11.3 Å². The number of benzene rings is 2. The highest BCUT2D eigenvalue weighted by atomic mass is 16.2. The number of carbonyl (C=O) groups is 2. The number of nitrogens with zero attached hydrogens (tertiary/aromatic N) is 2. The predicted molar refractivity (Wildman–Crippen MR) is 133 cm³/mol. The molecule has 0 bridgehead atoms. The second-order valence-corrected chi connectivity index (χ2v) is 9.12. The summed E-state index contributed by atoms with van der Waals surface area (Å²) in [5, 5.41) is 2.82. The van der Waals surface area contributed by atoms with Crippen LogP contribution >= 0.6 is 0 Å². The highest BCUT2D eigenvalue weighted by Crippen LogP contribution is 2.27. The van der Waals surface area contributed by atoms with Crippen molar-refractivity contribution in [1.29, 1.82) is 0 Å². The van der Waals surface area contributed by atoms with E-state index in [1.807, 2.05) is 62.4 Å². The van der Waals surface area contributed by atoms with Gasteiger partial charge >= 0.3 is 0 Å². The summed E-state index contributed by atoms with van der Waals surface area (Å²) in [6.07, 6.45) is 5.02. The van der Waals surface area contributed by atoms with Crippen molar-refractivity contribution in [2.45, 2.75) is 45.2 Å². The Balaban J connectivity index is 1.59. The third-order valence-corrected chi connectivity index (χ3v) is 6.39. The summed E-state index contributed by atoms with van der Waals surface area (Å²) >= 11 is 0. The fourth-order valence-electron chi connectivity index (χ4n) is 4.41. The minimum atomic E-state index is -0.519. The van der Waals surface area contributed by atoms with Crippen molar-refractivity contribution in [3.8, 4) is 0 Å². The van der Waals surface area contributed by atoms with Gasteiger partial charge in [-0.2, -0.15) is 0 Å². The number of nitrogens with one attached hydrogen (secondary N) is 1. The lowest BCUT2D eigenvalue weighted by Gasteiger charge is -2.33. The van der Waals surface area contributed by atoms with Gasteiger partial charge in [0.2, 0.25) is 5.43 Å². The number of amides is 2. The summed E-state index contributed by atoms with van der Waals surface area (Å²) in [6, 6.07) is 19.7. The van der Waals surface area contributed by atoms with Crippen molar-refractivity contribution >= 4 is 11.8 Å². The molecule has 1 fully saturated rings. The second-order valence-electron chi connectivity index (χ2n) is 9.12. The van der Waals surface area contributed by atoms with Crippen molar-refractivity contribution < 1.29 is 9.59 Å². The molecule has 1 N–H and O–H groups in total. The van der Waals surface area contributed by atoms with Crippen LogP contribution in [0, 0.1) is 0 Å². The van der Waals surface area contributed by atoms with E-state index in [4.69, 9.17) is 0 Å². The summed E-state index contributed by atoms with van der Waals surface area (Å²) < 4.78 is 1.77. The maximum Gasteiger partial charge on any atom is 0.259 e. The first-order chi connectivity index (χ1) is 16.4. The molecule has 0 unspecified atom stereocenters. The maximum absolute atomic E-state index is 13.5. The van der Waals surface area contributed by atoms with Crippen LogP contribution < -0.4 is 10.7 Å². The number of aromatic nitrogens is 1. The van der Waals surface area contributed by atoms with Crippen molar-refractivity contribution in [3.63, 3.8) is 0 Å². The topological polar surface area (TPSA) is 71.4 Å². The monoisotopic (exact) mass is 457 g/mol. The summed E-state index contributed by atoms with van der Waals surface area (Å²) in [7, 11) is 0. The van der Waals surface area contributed by atoms with Crippen molar-refractivity contribution in [2.24, 2.45) is 0 Å². The quantitative estimate of drug-likeness (QED) is 0.597. The first-order valence-corrected chi connectivity index (χ1v) is 11.9. The number of piperidine rings is 1. The molecule has 0 saturated carbocycles. The van der Waals surface area contributed by atoms with Gasteiger partial charge in [-0.3, -0.25) is 14.4 Å². The molecule has 6 nitrogen and oxygen atoms in total. The van der Waals surface area contributed by atoms with Crippen LogP contribution in [0.4, 0.5) is 0 Å². The zero-order valence-corrected chi connectivity index (χ0v) is 19.7. The zero-order valence-electron chi connectivity index (χ0n) is 19.7. The van der Waals surface area contributed by atoms with E-state index in [1.165, 1.54) is 5.56 Å². The lowest BCUT2D eigenvalue weighted by Crippen LogP contribution is -2.42. The molecule has 1 aliphatic heterocycles. The van der Waals surface area contributed by atoms with Gasteiger partial charge in [-0.05, 0) is 37.8 Å². The SMILES string of the molecule is CC(C)n1cc(C(=O)NCc2ccccc2)c(=O)c(C(=O)N2CCC[C@H](c3ccccc3)C2)c1. The standard InChI is InChI=1S/C28H31N3O3/c1-20(2)31-18-24(27(33)29-16-21-10-5-3-6-11-21)26(32)25(19-31)28(34)30-15-9-14-23(17-30)22-12-7-4-8-13-22/h3-8,10-13,18-20,23H,9,14-17H2,1-2H3,(H,29,33)/t23-/m0/s1. The molecular weight excluding hydrogens is 426 g/mol. The predicted octanol–water partition coefficient (Wildman–Crippen LogP) is 4.38. The van der Waals surface area contributed by atoms with Crippen molar-refractivity contribution in [1.82, 2.24) is 14.8 Å². The minimum Gasteiger partial charge on any atom is -0.350 e. The summed E-state index contributed by atoms with van der Waals surface area (Å²) in [6.45, 7) is 5.39. The highest BCUT2D eigenvalue weighted by Gasteiger charge is 2.28. The molecule has 0 spiro atoms. The molecule has 6 heteroatoms. The van der Waals surface area contributed by atoms with Crippen LogP contribution in [-0.4, -0.2) is 34.4 Å². The molecule has 4 rings (SSSR count). The highest BCUT2D eigenvalue weighted by molar-refractivity contribution is 5.99. The van der Waals surface area contributed by atoms with Gasteiger partial charge in [0.25, 0.3) is 11.8 Å². The Morgan fingerprint density at radius 2 is 1.62 bits per heavy atom. The lowest BCUT2D eigenvalue weighted by atomic mass is 9.90. The average molecular weight is 458 g/mol. The Morgan fingerprint density at radius 1 is 0.971 bits per heavy atom. The van der Waals surface area contributed by atoms with E-state index in [1.54, 1.807) is 21.9 Å². The summed E-state index contributed by atoms with van der Waals surface area (Å²) in [5.41, 5.74) is 1.66. The smallest absolute Gasteiger partial charge is 0.259 e. The van der Waals surface area contributed by atoms with E-state index in [-0.39, 0.29) is 29.0 Å². The second kappa shape index (κ2) is 10.5. The molecule has 1 aromatic heterocycles. The van der Waals surface area contributed by atoms with Crippen LogP contribution in [0.5, 0.6) is 0 Å². The third-order valence-electron chi connectivity index (χ3n) is 6.39. The largest absolute Gasteiger partial charge is 0.350 e. The number of carbonyl (C=O) groups excluding carboxylic acids is 2. The molecule has 2 heterocycles. The molecule has 2 aromatic carbocycles. The molecule has 2 amide bonds. The lowest BCUT2D eigenvalue weighted by molar-refractivity contribution is 0.0704. The summed E-state index contributed by atoms with van der Waals surface area (Å²) in [5.74, 6) is -0.542. The zero-order chi connectivity index (χ0) is 24.1. The molecule has 34 heavy (non-hydrogen) atoms. The third kappa shape index (κ3) is 5.28. The number of likely N-dealkylation sites (tertiary alicyclic amines) is 1. The van der Waals surface area contributed by atoms with E-state index in [2.05, 4.69) is 17.4 Å². The van der Waals surface area contributed by atoms with Gasteiger partial charge in [-0.1, -0.05) is 60.7 Å². The first kappa shape index (κ1) is 23.5. The molecule has 0 radical (unpaired) electrons. The Kier molecular flexibility index (Phi) is 7.26. The van der Waals surface area contributed by atoms with E-state index in [9.17, 15) is 14.4 Å². The normalized spacial score (nSPS) is 15.9. The van der Waals surface area contributed by atoms with E-state index in [0.717, 1.165) is 18.4 Å². The fraction of sp³-hybridized carbons (Fsp3) is 0.321. The van der Waals surface area contributed by atoms with Gasteiger partial charge in [0, 0.05) is 44.0 Å². The van der Waals surface area contributed by atoms with Crippen LogP contribution in [0.15, 0.2) is 77.9 Å². The number of hydrogen-bond donors (Lipinski definition) is 1. The van der Waals surface area contributed by atoms with Crippen LogP contribution in [0.3, 0.4) is 0 Å².